The molecule has 2 fully saturated rings. The highest BCUT2D eigenvalue weighted by Crippen LogP contribution is 2.28. The predicted molar refractivity (Wildman–Crippen MR) is 71.7 cm³/mol. The molecule has 0 aromatic heterocycles. The van der Waals surface area contributed by atoms with E-state index >= 15 is 0 Å². The second kappa shape index (κ2) is 5.59. The van der Waals surface area contributed by atoms with Crippen molar-refractivity contribution in [2.75, 3.05) is 0 Å². The monoisotopic (exact) mass is 252 g/mol. The van der Waals surface area contributed by atoms with E-state index in [9.17, 15) is 4.79 Å². The molecule has 5 nitrogen and oxygen atoms in total. The maximum absolute atomic E-state index is 12.0. The highest BCUT2D eigenvalue weighted by atomic mass is 16.2. The molecule has 0 radical (unpaired) electrons. The van der Waals surface area contributed by atoms with Gasteiger partial charge in [0.1, 0.15) is 5.84 Å². The van der Waals surface area contributed by atoms with Crippen molar-refractivity contribution >= 4 is 11.9 Å². The van der Waals surface area contributed by atoms with Gasteiger partial charge in [-0.25, -0.2) is 4.79 Å². The van der Waals surface area contributed by atoms with Crippen LogP contribution in [0.1, 0.15) is 57.8 Å². The molecule has 2 saturated carbocycles. The molecule has 0 heterocycles. The zero-order valence-electron chi connectivity index (χ0n) is 10.9. The summed E-state index contributed by atoms with van der Waals surface area (Å²) in [6, 6.07) is 0.150. The fourth-order valence-corrected chi connectivity index (χ4v) is 3.13. The normalized spacial score (nSPS) is 23.6. The summed E-state index contributed by atoms with van der Waals surface area (Å²) in [7, 11) is 0. The fraction of sp³-hybridized carbons (Fsp3) is 0.846. The van der Waals surface area contributed by atoms with E-state index in [1.165, 1.54) is 19.3 Å². The van der Waals surface area contributed by atoms with Gasteiger partial charge in [0, 0.05) is 6.04 Å². The number of amides is 2. The van der Waals surface area contributed by atoms with Gasteiger partial charge >= 0.3 is 6.03 Å². The van der Waals surface area contributed by atoms with E-state index in [1.54, 1.807) is 0 Å². The van der Waals surface area contributed by atoms with Gasteiger partial charge in [-0.1, -0.05) is 32.1 Å². The van der Waals surface area contributed by atoms with E-state index in [1.807, 2.05) is 0 Å². The van der Waals surface area contributed by atoms with Crippen LogP contribution in [0.15, 0.2) is 0 Å². The number of carbonyl (C=O) groups is 1. The van der Waals surface area contributed by atoms with Crippen molar-refractivity contribution in [3.63, 3.8) is 0 Å². The number of rotatable bonds is 3. The molecule has 5 N–H and O–H groups in total. The third kappa shape index (κ3) is 2.94. The summed E-state index contributed by atoms with van der Waals surface area (Å²) in [5.41, 5.74) is 5.10. The lowest BCUT2D eigenvalue weighted by molar-refractivity contribution is 0.220. The molecule has 0 atom stereocenters. The van der Waals surface area contributed by atoms with E-state index in [4.69, 9.17) is 11.1 Å². The van der Waals surface area contributed by atoms with Gasteiger partial charge < -0.3 is 16.4 Å². The minimum atomic E-state index is -0.596. The highest BCUT2D eigenvalue weighted by Gasteiger charge is 2.37. The van der Waals surface area contributed by atoms with Crippen LogP contribution in [0.3, 0.4) is 0 Å². The second-order valence-electron chi connectivity index (χ2n) is 5.64. The first-order chi connectivity index (χ1) is 8.62. The predicted octanol–water partition coefficient (Wildman–Crippen LogP) is 1.87. The molecule has 0 aliphatic heterocycles. The van der Waals surface area contributed by atoms with Crippen molar-refractivity contribution in [1.29, 1.82) is 5.41 Å². The Morgan fingerprint density at radius 3 is 2.28 bits per heavy atom. The van der Waals surface area contributed by atoms with Crippen LogP contribution in [0.25, 0.3) is 0 Å². The van der Waals surface area contributed by atoms with Crippen molar-refractivity contribution in [1.82, 2.24) is 10.6 Å². The molecule has 2 rings (SSSR count). The number of amidine groups is 1. The van der Waals surface area contributed by atoms with E-state index in [2.05, 4.69) is 10.6 Å². The van der Waals surface area contributed by atoms with Crippen molar-refractivity contribution in [3.05, 3.63) is 0 Å². The Labute approximate surface area is 108 Å². The Balaban J connectivity index is 1.91. The highest BCUT2D eigenvalue weighted by molar-refractivity contribution is 5.91. The molecule has 18 heavy (non-hydrogen) atoms. The minimum absolute atomic E-state index is 0.101. The molecular formula is C13H24N4O. The Morgan fingerprint density at radius 1 is 1.11 bits per heavy atom. The van der Waals surface area contributed by atoms with Crippen molar-refractivity contribution in [3.8, 4) is 0 Å². The molecular weight excluding hydrogens is 228 g/mol. The van der Waals surface area contributed by atoms with E-state index in [0.717, 1.165) is 38.5 Å². The molecule has 102 valence electrons. The lowest BCUT2D eigenvalue weighted by Crippen LogP contribution is -2.61. The molecule has 5 heteroatoms. The van der Waals surface area contributed by atoms with Crippen LogP contribution in [0.2, 0.25) is 0 Å². The molecule has 2 aliphatic rings. The summed E-state index contributed by atoms with van der Waals surface area (Å²) >= 11 is 0. The molecule has 0 aromatic carbocycles. The van der Waals surface area contributed by atoms with Gasteiger partial charge in [0.05, 0.1) is 5.54 Å². The standard InChI is InChI=1S/C13H24N4O/c14-11(15)13(8-4-1-5-9-13)17-12(18)16-10-6-2-3-7-10/h10H,1-9H2,(H3,14,15)(H2,16,17,18). The molecule has 0 saturated heterocycles. The third-order valence-corrected chi connectivity index (χ3v) is 4.27. The average Bonchev–Trinajstić information content (AvgIpc) is 2.82. The maximum Gasteiger partial charge on any atom is 0.315 e. The SMILES string of the molecule is N=C(N)C1(NC(=O)NC2CCCC2)CCCCC1. The third-order valence-electron chi connectivity index (χ3n) is 4.27. The van der Waals surface area contributed by atoms with Gasteiger partial charge in [-0.15, -0.1) is 0 Å². The maximum atomic E-state index is 12.0. The van der Waals surface area contributed by atoms with Crippen molar-refractivity contribution in [2.45, 2.75) is 69.4 Å². The van der Waals surface area contributed by atoms with Crippen LogP contribution in [-0.2, 0) is 0 Å². The summed E-state index contributed by atoms with van der Waals surface area (Å²) in [6.45, 7) is 0. The van der Waals surface area contributed by atoms with Gasteiger partial charge in [-0.2, -0.15) is 0 Å². The van der Waals surface area contributed by atoms with Crippen LogP contribution in [0.5, 0.6) is 0 Å². The summed E-state index contributed by atoms with van der Waals surface area (Å²) < 4.78 is 0. The summed E-state index contributed by atoms with van der Waals surface area (Å²) in [5.74, 6) is 0.101. The van der Waals surface area contributed by atoms with Crippen LogP contribution in [0.4, 0.5) is 4.79 Å². The number of nitrogens with one attached hydrogen (secondary N) is 3. The summed E-state index contributed by atoms with van der Waals surface area (Å²) in [5, 5.41) is 13.7. The van der Waals surface area contributed by atoms with Crippen LogP contribution < -0.4 is 16.4 Å². The van der Waals surface area contributed by atoms with E-state index in [0.29, 0.717) is 6.04 Å². The zero-order chi connectivity index (χ0) is 13.0. The Bertz CT molecular complexity index is 317. The smallest absolute Gasteiger partial charge is 0.315 e. The van der Waals surface area contributed by atoms with E-state index in [-0.39, 0.29) is 11.9 Å². The van der Waals surface area contributed by atoms with Gasteiger partial charge in [-0.3, -0.25) is 5.41 Å². The van der Waals surface area contributed by atoms with Crippen molar-refractivity contribution in [2.24, 2.45) is 5.73 Å². The first-order valence-electron chi connectivity index (χ1n) is 7.06. The molecule has 0 unspecified atom stereocenters. The Kier molecular flexibility index (Phi) is 4.09. The van der Waals surface area contributed by atoms with E-state index < -0.39 is 5.54 Å². The van der Waals surface area contributed by atoms with Crippen LogP contribution >= 0.6 is 0 Å². The fourth-order valence-electron chi connectivity index (χ4n) is 3.13. The van der Waals surface area contributed by atoms with Gasteiger partial charge in [0.25, 0.3) is 0 Å². The quantitative estimate of drug-likeness (QED) is 0.456. The van der Waals surface area contributed by atoms with Gasteiger partial charge in [-0.05, 0) is 25.7 Å². The molecule has 0 spiro atoms. The Hall–Kier alpha value is -1.26. The summed E-state index contributed by atoms with van der Waals surface area (Å²) in [6.07, 6.45) is 9.35. The number of hydrogen-bond donors (Lipinski definition) is 4. The Morgan fingerprint density at radius 2 is 1.72 bits per heavy atom. The largest absolute Gasteiger partial charge is 0.386 e. The first-order valence-corrected chi connectivity index (χ1v) is 7.06. The molecule has 0 bridgehead atoms. The number of urea groups is 1. The van der Waals surface area contributed by atoms with Crippen LogP contribution in [-0.4, -0.2) is 23.4 Å². The summed E-state index contributed by atoms with van der Waals surface area (Å²) in [4.78, 5) is 12.0. The number of carbonyl (C=O) groups excluding carboxylic acids is 1. The molecule has 2 aliphatic carbocycles. The minimum Gasteiger partial charge on any atom is -0.386 e. The topological polar surface area (TPSA) is 91.0 Å². The number of nitrogens with two attached hydrogens (primary N) is 1. The lowest BCUT2D eigenvalue weighted by Gasteiger charge is -2.37. The number of hydrogen-bond acceptors (Lipinski definition) is 2. The van der Waals surface area contributed by atoms with Crippen LogP contribution in [0, 0.1) is 5.41 Å². The lowest BCUT2D eigenvalue weighted by atomic mass is 9.81. The van der Waals surface area contributed by atoms with Gasteiger partial charge in [0.15, 0.2) is 0 Å². The average molecular weight is 252 g/mol. The zero-order valence-corrected chi connectivity index (χ0v) is 10.9. The molecule has 0 aromatic rings. The first kappa shape index (κ1) is 13.2. The molecule has 2 amide bonds. The van der Waals surface area contributed by atoms with Crippen molar-refractivity contribution < 1.29 is 4.79 Å². The van der Waals surface area contributed by atoms with Gasteiger partial charge in [0.2, 0.25) is 0 Å². The second-order valence-corrected chi connectivity index (χ2v) is 5.64.